The number of hydrogen-bond acceptors (Lipinski definition) is 4. The predicted molar refractivity (Wildman–Crippen MR) is 85.4 cm³/mol. The number of likely N-dealkylation sites (tertiary alicyclic amines) is 1. The molecule has 0 bridgehead atoms. The van der Waals surface area contributed by atoms with E-state index in [1.54, 1.807) is 36.8 Å². The van der Waals surface area contributed by atoms with Crippen LogP contribution in [-0.2, 0) is 9.59 Å². The van der Waals surface area contributed by atoms with Crippen LogP contribution in [0.2, 0.25) is 0 Å². The molecule has 2 heterocycles. The molecule has 1 aliphatic heterocycles. The summed E-state index contributed by atoms with van der Waals surface area (Å²) in [5, 5.41) is 5.02. The molecule has 1 N–H and O–H groups in total. The number of hydrogen-bond donors (Lipinski definition) is 1. The molecule has 5 nitrogen and oxygen atoms in total. The maximum absolute atomic E-state index is 14.2. The molecule has 120 valence electrons. The summed E-state index contributed by atoms with van der Waals surface area (Å²) in [5.41, 5.74) is 0.363. The second-order valence-corrected chi connectivity index (χ2v) is 6.34. The number of piperidine rings is 1. The van der Waals surface area contributed by atoms with E-state index in [0.717, 1.165) is 0 Å². The van der Waals surface area contributed by atoms with E-state index in [0.29, 0.717) is 17.1 Å². The fourth-order valence-electron chi connectivity index (χ4n) is 2.94. The molecule has 7 heteroatoms. The van der Waals surface area contributed by atoms with E-state index in [4.69, 9.17) is 0 Å². The largest absolute Gasteiger partial charge is 0.338 e. The van der Waals surface area contributed by atoms with Crippen molar-refractivity contribution in [1.29, 1.82) is 0 Å². The Balaban J connectivity index is 1.91. The molecule has 0 spiro atoms. The number of halogens is 1. The molecule has 0 saturated carbocycles. The molecule has 23 heavy (non-hydrogen) atoms. The van der Waals surface area contributed by atoms with Gasteiger partial charge in [-0.2, -0.15) is 0 Å². The van der Waals surface area contributed by atoms with Crippen molar-refractivity contribution in [2.24, 2.45) is 5.92 Å². The van der Waals surface area contributed by atoms with Crippen LogP contribution in [-0.4, -0.2) is 28.7 Å². The lowest BCUT2D eigenvalue weighted by atomic mass is 9.84. The Morgan fingerprint density at radius 2 is 2.22 bits per heavy atom. The molecule has 2 unspecified atom stereocenters. The number of thiazole rings is 1. The first-order valence-corrected chi connectivity index (χ1v) is 8.16. The summed E-state index contributed by atoms with van der Waals surface area (Å²) in [7, 11) is 1.61. The van der Waals surface area contributed by atoms with Crippen molar-refractivity contribution in [2.75, 3.05) is 12.4 Å². The van der Waals surface area contributed by atoms with Crippen LogP contribution in [0, 0.1) is 11.7 Å². The summed E-state index contributed by atoms with van der Waals surface area (Å²) < 4.78 is 14.2. The number of anilines is 1. The van der Waals surface area contributed by atoms with Crippen molar-refractivity contribution < 1.29 is 14.0 Å². The standard InChI is InChI=1S/C16H16FN3O2S/c1-20-13(21)7-6-11(15(22)19-16-18-8-9-23-16)14(20)10-4-2-3-5-12(10)17/h2-5,8-9,11,14H,6-7H2,1H3,(H,18,19,22). The van der Waals surface area contributed by atoms with E-state index in [1.165, 1.54) is 22.3 Å². The zero-order valence-corrected chi connectivity index (χ0v) is 13.3. The van der Waals surface area contributed by atoms with E-state index in [2.05, 4.69) is 10.3 Å². The van der Waals surface area contributed by atoms with Gasteiger partial charge in [0.25, 0.3) is 0 Å². The van der Waals surface area contributed by atoms with E-state index in [-0.39, 0.29) is 18.2 Å². The van der Waals surface area contributed by atoms with E-state index in [9.17, 15) is 14.0 Å². The van der Waals surface area contributed by atoms with Gasteiger partial charge in [-0.25, -0.2) is 9.37 Å². The molecular formula is C16H16FN3O2S. The number of nitrogens with zero attached hydrogens (tertiary/aromatic N) is 2. The summed E-state index contributed by atoms with van der Waals surface area (Å²) in [6.07, 6.45) is 2.27. The smallest absolute Gasteiger partial charge is 0.231 e. The Labute approximate surface area is 137 Å². The van der Waals surface area contributed by atoms with Crippen LogP contribution in [0.1, 0.15) is 24.4 Å². The first-order chi connectivity index (χ1) is 11.1. The van der Waals surface area contributed by atoms with E-state index >= 15 is 0 Å². The van der Waals surface area contributed by atoms with Gasteiger partial charge < -0.3 is 10.2 Å². The lowest BCUT2D eigenvalue weighted by Gasteiger charge is -2.38. The van der Waals surface area contributed by atoms with Crippen LogP contribution in [0.5, 0.6) is 0 Å². The average molecular weight is 333 g/mol. The molecule has 2 atom stereocenters. The lowest BCUT2D eigenvalue weighted by Crippen LogP contribution is -2.44. The SMILES string of the molecule is CN1C(=O)CCC(C(=O)Nc2nccs2)C1c1ccccc1F. The molecular weight excluding hydrogens is 317 g/mol. The molecule has 0 aliphatic carbocycles. The lowest BCUT2D eigenvalue weighted by molar-refractivity contribution is -0.140. The van der Waals surface area contributed by atoms with Crippen molar-refractivity contribution in [1.82, 2.24) is 9.88 Å². The fraction of sp³-hybridized carbons (Fsp3) is 0.312. The summed E-state index contributed by atoms with van der Waals surface area (Å²) >= 11 is 1.32. The number of benzene rings is 1. The third-order valence-electron chi connectivity index (χ3n) is 4.08. The minimum atomic E-state index is -0.614. The maximum Gasteiger partial charge on any atom is 0.231 e. The normalized spacial score (nSPS) is 21.3. The molecule has 0 radical (unpaired) electrons. The molecule has 2 aromatic rings. The number of amides is 2. The minimum absolute atomic E-state index is 0.0865. The van der Waals surface area contributed by atoms with Gasteiger partial charge in [0.05, 0.1) is 12.0 Å². The highest BCUT2D eigenvalue weighted by Crippen LogP contribution is 2.37. The molecule has 1 aliphatic rings. The zero-order valence-electron chi connectivity index (χ0n) is 12.5. The van der Waals surface area contributed by atoms with Gasteiger partial charge in [0, 0.05) is 30.6 Å². The van der Waals surface area contributed by atoms with E-state index < -0.39 is 17.8 Å². The molecule has 3 rings (SSSR count). The van der Waals surface area contributed by atoms with Crippen LogP contribution in [0.25, 0.3) is 0 Å². The van der Waals surface area contributed by atoms with Gasteiger partial charge in [0.1, 0.15) is 5.82 Å². The summed E-state index contributed by atoms with van der Waals surface area (Å²) in [6, 6.07) is 5.66. The van der Waals surface area contributed by atoms with Gasteiger partial charge in [-0.3, -0.25) is 9.59 Å². The van der Waals surface area contributed by atoms with Gasteiger partial charge in [0.2, 0.25) is 11.8 Å². The summed E-state index contributed by atoms with van der Waals surface area (Å²) in [4.78, 5) is 30.1. The second kappa shape index (κ2) is 6.45. The third-order valence-corrected chi connectivity index (χ3v) is 4.77. The molecule has 1 aromatic heterocycles. The third kappa shape index (κ3) is 3.10. The van der Waals surface area contributed by atoms with Gasteiger partial charge in [-0.15, -0.1) is 11.3 Å². The van der Waals surface area contributed by atoms with E-state index in [1.807, 2.05) is 0 Å². The Bertz CT molecular complexity index is 720. The van der Waals surface area contributed by atoms with Crippen LogP contribution in [0.4, 0.5) is 9.52 Å². The second-order valence-electron chi connectivity index (χ2n) is 5.44. The average Bonchev–Trinajstić information content (AvgIpc) is 3.03. The molecule has 2 amide bonds. The van der Waals surface area contributed by atoms with Gasteiger partial charge in [0.15, 0.2) is 5.13 Å². The first kappa shape index (κ1) is 15.6. The van der Waals surface area contributed by atoms with Gasteiger partial charge >= 0.3 is 0 Å². The van der Waals surface area contributed by atoms with Crippen molar-refractivity contribution in [3.8, 4) is 0 Å². The Morgan fingerprint density at radius 1 is 1.43 bits per heavy atom. The highest BCUT2D eigenvalue weighted by molar-refractivity contribution is 7.13. The molecule has 1 aromatic carbocycles. The van der Waals surface area contributed by atoms with Crippen LogP contribution in [0.3, 0.4) is 0 Å². The Hall–Kier alpha value is -2.28. The van der Waals surface area contributed by atoms with Crippen molar-refractivity contribution >= 4 is 28.3 Å². The Morgan fingerprint density at radius 3 is 2.91 bits per heavy atom. The predicted octanol–water partition coefficient (Wildman–Crippen LogP) is 2.83. The first-order valence-electron chi connectivity index (χ1n) is 7.28. The van der Waals surface area contributed by atoms with Crippen molar-refractivity contribution in [3.05, 3.63) is 47.2 Å². The van der Waals surface area contributed by atoms with Gasteiger partial charge in [-0.05, 0) is 12.5 Å². The summed E-state index contributed by atoms with van der Waals surface area (Å²) in [6.45, 7) is 0. The molecule has 1 saturated heterocycles. The quantitative estimate of drug-likeness (QED) is 0.939. The minimum Gasteiger partial charge on any atom is -0.338 e. The highest BCUT2D eigenvalue weighted by atomic mass is 32.1. The monoisotopic (exact) mass is 333 g/mol. The maximum atomic E-state index is 14.2. The zero-order chi connectivity index (χ0) is 16.4. The summed E-state index contributed by atoms with van der Waals surface area (Å²) in [5.74, 6) is -1.26. The number of nitrogens with one attached hydrogen (secondary N) is 1. The van der Waals surface area contributed by atoms with Crippen LogP contribution < -0.4 is 5.32 Å². The highest BCUT2D eigenvalue weighted by Gasteiger charge is 2.40. The molecule has 1 fully saturated rings. The number of rotatable bonds is 3. The topological polar surface area (TPSA) is 62.3 Å². The number of aromatic nitrogens is 1. The fourth-order valence-corrected chi connectivity index (χ4v) is 3.47. The number of carbonyl (C=O) groups is 2. The Kier molecular flexibility index (Phi) is 4.38. The van der Waals surface area contributed by atoms with Crippen molar-refractivity contribution in [2.45, 2.75) is 18.9 Å². The van der Waals surface area contributed by atoms with Crippen LogP contribution in [0.15, 0.2) is 35.8 Å². The van der Waals surface area contributed by atoms with Crippen LogP contribution >= 0.6 is 11.3 Å². The number of carbonyl (C=O) groups excluding carboxylic acids is 2. The van der Waals surface area contributed by atoms with Gasteiger partial charge in [-0.1, -0.05) is 18.2 Å². The van der Waals surface area contributed by atoms with Crippen molar-refractivity contribution in [3.63, 3.8) is 0 Å².